The molecule has 0 radical (unpaired) electrons. The van der Waals surface area contributed by atoms with Gasteiger partial charge in [0, 0.05) is 44.1 Å². The van der Waals surface area contributed by atoms with E-state index in [0.29, 0.717) is 31.1 Å². The minimum atomic E-state index is 0.0382. The molecule has 23 heavy (non-hydrogen) atoms. The number of aromatic nitrogens is 2. The lowest BCUT2D eigenvalue weighted by molar-refractivity contribution is 0.0790. The first-order chi connectivity index (χ1) is 11.3. The molecule has 6 heteroatoms. The highest BCUT2D eigenvalue weighted by molar-refractivity contribution is 5.94. The second kappa shape index (κ2) is 7.28. The molecule has 1 N–H and O–H groups in total. The minimum Gasteiger partial charge on any atom is -0.491 e. The van der Waals surface area contributed by atoms with E-state index in [1.54, 1.807) is 19.4 Å². The molecule has 1 saturated heterocycles. The Labute approximate surface area is 135 Å². The zero-order valence-corrected chi connectivity index (χ0v) is 13.2. The zero-order chi connectivity index (χ0) is 16.1. The Balaban J connectivity index is 1.63. The van der Waals surface area contributed by atoms with E-state index < -0.39 is 0 Å². The Hall–Kier alpha value is -2.34. The van der Waals surface area contributed by atoms with Gasteiger partial charge in [0.1, 0.15) is 18.2 Å². The second-order valence-corrected chi connectivity index (χ2v) is 5.58. The fraction of sp³-hybridized carbons (Fsp3) is 0.412. The van der Waals surface area contributed by atoms with Gasteiger partial charge in [0.05, 0.1) is 6.61 Å². The fourth-order valence-corrected chi connectivity index (χ4v) is 2.81. The highest BCUT2D eigenvalue weighted by atomic mass is 16.5. The van der Waals surface area contributed by atoms with Crippen molar-refractivity contribution in [2.45, 2.75) is 12.3 Å². The molecule has 2 heterocycles. The Morgan fingerprint density at radius 1 is 1.43 bits per heavy atom. The van der Waals surface area contributed by atoms with Crippen LogP contribution in [0.15, 0.2) is 36.7 Å². The van der Waals surface area contributed by atoms with Crippen LogP contribution in [-0.2, 0) is 4.74 Å². The summed E-state index contributed by atoms with van der Waals surface area (Å²) in [6, 6.07) is 7.31. The van der Waals surface area contributed by atoms with E-state index in [4.69, 9.17) is 9.47 Å². The summed E-state index contributed by atoms with van der Waals surface area (Å²) in [6.07, 6.45) is 4.50. The van der Waals surface area contributed by atoms with Crippen molar-refractivity contribution in [1.82, 2.24) is 14.9 Å². The van der Waals surface area contributed by atoms with Crippen LogP contribution in [0, 0.1) is 0 Å². The lowest BCUT2D eigenvalue weighted by Crippen LogP contribution is -2.28. The number of benzene rings is 1. The van der Waals surface area contributed by atoms with Gasteiger partial charge in [-0.3, -0.25) is 4.79 Å². The number of carbonyl (C=O) groups excluding carboxylic acids is 1. The van der Waals surface area contributed by atoms with Crippen LogP contribution in [0.25, 0.3) is 0 Å². The van der Waals surface area contributed by atoms with Gasteiger partial charge in [-0.1, -0.05) is 6.07 Å². The van der Waals surface area contributed by atoms with Crippen molar-refractivity contribution >= 4 is 5.91 Å². The number of imidazole rings is 1. The highest BCUT2D eigenvalue weighted by Gasteiger charge is 2.29. The summed E-state index contributed by atoms with van der Waals surface area (Å²) in [5.74, 6) is 1.97. The molecular weight excluding hydrogens is 294 g/mol. The van der Waals surface area contributed by atoms with Crippen molar-refractivity contribution in [2.24, 2.45) is 0 Å². The number of methoxy groups -OCH3 is 1. The van der Waals surface area contributed by atoms with E-state index in [1.165, 1.54) is 0 Å². The fourth-order valence-electron chi connectivity index (χ4n) is 2.81. The lowest BCUT2D eigenvalue weighted by Gasteiger charge is -2.16. The summed E-state index contributed by atoms with van der Waals surface area (Å²) >= 11 is 0. The average molecular weight is 315 g/mol. The first kappa shape index (κ1) is 15.6. The van der Waals surface area contributed by atoms with Crippen LogP contribution in [0.3, 0.4) is 0 Å². The Bertz CT molecular complexity index is 642. The third kappa shape index (κ3) is 3.71. The molecule has 3 rings (SSSR count). The monoisotopic (exact) mass is 315 g/mol. The number of likely N-dealkylation sites (tertiary alicyclic amines) is 1. The maximum Gasteiger partial charge on any atom is 0.254 e. The van der Waals surface area contributed by atoms with Gasteiger partial charge in [-0.2, -0.15) is 0 Å². The van der Waals surface area contributed by atoms with Crippen LogP contribution in [0.5, 0.6) is 5.75 Å². The molecule has 0 spiro atoms. The molecule has 2 aromatic rings. The van der Waals surface area contributed by atoms with Crippen LogP contribution in [0.2, 0.25) is 0 Å². The summed E-state index contributed by atoms with van der Waals surface area (Å²) in [4.78, 5) is 22.0. The largest absolute Gasteiger partial charge is 0.491 e. The van der Waals surface area contributed by atoms with Crippen LogP contribution >= 0.6 is 0 Å². The number of ether oxygens (including phenoxy) is 2. The molecule has 0 bridgehead atoms. The summed E-state index contributed by atoms with van der Waals surface area (Å²) < 4.78 is 10.5. The smallest absolute Gasteiger partial charge is 0.254 e. The molecular formula is C17H21N3O3. The number of hydrogen-bond acceptors (Lipinski definition) is 4. The number of nitrogens with one attached hydrogen (secondary N) is 1. The summed E-state index contributed by atoms with van der Waals surface area (Å²) in [6.45, 7) is 2.44. The predicted octanol–water partition coefficient (Wildman–Crippen LogP) is 2.06. The molecule has 1 amide bonds. The Kier molecular flexibility index (Phi) is 4.92. The van der Waals surface area contributed by atoms with Gasteiger partial charge < -0.3 is 19.4 Å². The SMILES string of the molecule is COCCOc1cccc(C(=O)N2CCC(c3ncc[nH]3)C2)c1. The molecule has 1 aliphatic rings. The number of aromatic amines is 1. The van der Waals surface area contributed by atoms with Gasteiger partial charge in [-0.05, 0) is 24.6 Å². The van der Waals surface area contributed by atoms with Crippen LogP contribution < -0.4 is 4.74 Å². The summed E-state index contributed by atoms with van der Waals surface area (Å²) in [5, 5.41) is 0. The second-order valence-electron chi connectivity index (χ2n) is 5.58. The molecule has 122 valence electrons. The van der Waals surface area contributed by atoms with E-state index in [-0.39, 0.29) is 11.8 Å². The summed E-state index contributed by atoms with van der Waals surface area (Å²) in [7, 11) is 1.63. The topological polar surface area (TPSA) is 67.5 Å². The predicted molar refractivity (Wildman–Crippen MR) is 85.7 cm³/mol. The van der Waals surface area contributed by atoms with Crippen molar-refractivity contribution < 1.29 is 14.3 Å². The maximum absolute atomic E-state index is 12.7. The van der Waals surface area contributed by atoms with E-state index >= 15 is 0 Å². The van der Waals surface area contributed by atoms with E-state index in [0.717, 1.165) is 18.8 Å². The van der Waals surface area contributed by atoms with Crippen molar-refractivity contribution in [3.8, 4) is 5.75 Å². The van der Waals surface area contributed by atoms with Crippen molar-refractivity contribution in [1.29, 1.82) is 0 Å². The normalized spacial score (nSPS) is 17.4. The quantitative estimate of drug-likeness (QED) is 0.829. The molecule has 1 aliphatic heterocycles. The molecule has 0 aliphatic carbocycles. The number of nitrogens with zero attached hydrogens (tertiary/aromatic N) is 2. The number of H-pyrrole nitrogens is 1. The number of amides is 1. The van der Waals surface area contributed by atoms with E-state index in [1.807, 2.05) is 29.3 Å². The van der Waals surface area contributed by atoms with Crippen molar-refractivity contribution in [2.75, 3.05) is 33.4 Å². The van der Waals surface area contributed by atoms with Crippen LogP contribution in [-0.4, -0.2) is 54.2 Å². The number of rotatable bonds is 6. The molecule has 0 saturated carbocycles. The molecule has 1 aromatic heterocycles. The van der Waals surface area contributed by atoms with Gasteiger partial charge in [-0.25, -0.2) is 4.98 Å². The maximum atomic E-state index is 12.7. The third-order valence-corrected chi connectivity index (χ3v) is 4.02. The molecule has 1 fully saturated rings. The van der Waals surface area contributed by atoms with Gasteiger partial charge >= 0.3 is 0 Å². The standard InChI is InChI=1S/C17H21N3O3/c1-22-9-10-23-15-4-2-3-13(11-15)17(21)20-8-5-14(12-20)16-18-6-7-19-16/h2-4,6-7,11,14H,5,8-10,12H2,1H3,(H,18,19). The first-order valence-electron chi connectivity index (χ1n) is 7.78. The molecule has 1 aromatic carbocycles. The van der Waals surface area contributed by atoms with Crippen LogP contribution in [0.4, 0.5) is 0 Å². The third-order valence-electron chi connectivity index (χ3n) is 4.02. The number of carbonyl (C=O) groups is 1. The van der Waals surface area contributed by atoms with Crippen molar-refractivity contribution in [3.05, 3.63) is 48.0 Å². The number of hydrogen-bond donors (Lipinski definition) is 1. The Morgan fingerprint density at radius 3 is 3.13 bits per heavy atom. The highest BCUT2D eigenvalue weighted by Crippen LogP contribution is 2.26. The zero-order valence-electron chi connectivity index (χ0n) is 13.2. The molecule has 1 unspecified atom stereocenters. The Morgan fingerprint density at radius 2 is 2.35 bits per heavy atom. The van der Waals surface area contributed by atoms with E-state index in [9.17, 15) is 4.79 Å². The molecule has 6 nitrogen and oxygen atoms in total. The lowest BCUT2D eigenvalue weighted by atomic mass is 10.1. The van der Waals surface area contributed by atoms with Gasteiger partial charge in [0.25, 0.3) is 5.91 Å². The van der Waals surface area contributed by atoms with E-state index in [2.05, 4.69) is 9.97 Å². The van der Waals surface area contributed by atoms with Crippen LogP contribution in [0.1, 0.15) is 28.5 Å². The van der Waals surface area contributed by atoms with Gasteiger partial charge in [-0.15, -0.1) is 0 Å². The average Bonchev–Trinajstić information content (AvgIpc) is 3.26. The molecule has 1 atom stereocenters. The van der Waals surface area contributed by atoms with Crippen molar-refractivity contribution in [3.63, 3.8) is 0 Å². The summed E-state index contributed by atoms with van der Waals surface area (Å²) in [5.41, 5.74) is 0.653. The first-order valence-corrected chi connectivity index (χ1v) is 7.78. The van der Waals surface area contributed by atoms with Gasteiger partial charge in [0.2, 0.25) is 0 Å². The van der Waals surface area contributed by atoms with Gasteiger partial charge in [0.15, 0.2) is 0 Å². The minimum absolute atomic E-state index is 0.0382.